The highest BCUT2D eigenvalue weighted by Crippen LogP contribution is 2.30. The summed E-state index contributed by atoms with van der Waals surface area (Å²) in [5.41, 5.74) is 0.675. The van der Waals surface area contributed by atoms with Gasteiger partial charge in [0.05, 0.1) is 7.11 Å². The number of ether oxygens (including phenoxy) is 1. The zero-order chi connectivity index (χ0) is 24.0. The average molecular weight is 491 g/mol. The molecule has 3 aliphatic rings. The Bertz CT molecular complexity index is 961. The lowest BCUT2D eigenvalue weighted by atomic mass is 10.2. The molecular weight excluding hydrogens is 452 g/mol. The van der Waals surface area contributed by atoms with Crippen LogP contribution in [0.1, 0.15) is 37.7 Å². The van der Waals surface area contributed by atoms with Crippen LogP contribution in [-0.2, 0) is 14.8 Å². The van der Waals surface area contributed by atoms with E-state index < -0.39 is 10.0 Å². The number of piperidine rings is 1. The molecule has 0 radical (unpaired) electrons. The van der Waals surface area contributed by atoms with E-state index in [2.05, 4.69) is 9.80 Å². The lowest BCUT2D eigenvalue weighted by Crippen LogP contribution is -2.49. The molecule has 0 spiro atoms. The summed E-state index contributed by atoms with van der Waals surface area (Å²) in [6.45, 7) is 8.93. The molecule has 3 heterocycles. The molecule has 0 saturated carbocycles. The van der Waals surface area contributed by atoms with Gasteiger partial charge in [0, 0.05) is 58.4 Å². The fourth-order valence-electron chi connectivity index (χ4n) is 5.00. The standard InChI is InChI=1S/C25H38N4O4S/c1-33-23-9-7-22(21-24(23)34(31,32)29-13-3-2-4-14-29)8-10-25(30)28-19-17-27(18-20-28)16-15-26-11-5-6-12-26/h7-10,21H,2-6,11-20H2,1H3. The Kier molecular flexibility index (Phi) is 8.63. The molecule has 9 heteroatoms. The molecule has 8 nitrogen and oxygen atoms in total. The van der Waals surface area contributed by atoms with Crippen molar-refractivity contribution in [3.63, 3.8) is 0 Å². The molecule has 1 aromatic carbocycles. The van der Waals surface area contributed by atoms with E-state index >= 15 is 0 Å². The predicted octanol–water partition coefficient (Wildman–Crippen LogP) is 2.12. The normalized spacial score (nSPS) is 21.4. The van der Waals surface area contributed by atoms with Gasteiger partial charge in [0.2, 0.25) is 15.9 Å². The summed E-state index contributed by atoms with van der Waals surface area (Å²) in [7, 11) is -2.15. The number of piperazine rings is 1. The number of carbonyl (C=O) groups excluding carboxylic acids is 1. The van der Waals surface area contributed by atoms with Gasteiger partial charge in [-0.3, -0.25) is 9.69 Å². The van der Waals surface area contributed by atoms with Gasteiger partial charge < -0.3 is 14.5 Å². The highest BCUT2D eigenvalue weighted by atomic mass is 32.2. The SMILES string of the molecule is COc1ccc(C=CC(=O)N2CCN(CCN3CCCC3)CC2)cc1S(=O)(=O)N1CCCCC1. The van der Waals surface area contributed by atoms with Gasteiger partial charge in [0.25, 0.3) is 0 Å². The number of likely N-dealkylation sites (tertiary alicyclic amines) is 1. The van der Waals surface area contributed by atoms with Crippen LogP contribution in [0.4, 0.5) is 0 Å². The number of carbonyl (C=O) groups is 1. The topological polar surface area (TPSA) is 73.4 Å². The third-order valence-corrected chi connectivity index (χ3v) is 9.07. The van der Waals surface area contributed by atoms with Crippen molar-refractivity contribution in [2.75, 3.05) is 72.6 Å². The zero-order valence-corrected chi connectivity index (χ0v) is 21.1. The van der Waals surface area contributed by atoms with E-state index in [9.17, 15) is 13.2 Å². The molecule has 4 rings (SSSR count). The predicted molar refractivity (Wildman–Crippen MR) is 133 cm³/mol. The Morgan fingerprint density at radius 3 is 2.15 bits per heavy atom. The first kappa shape index (κ1) is 25.2. The first-order valence-corrected chi connectivity index (χ1v) is 14.0. The molecular formula is C25H38N4O4S. The summed E-state index contributed by atoms with van der Waals surface area (Å²) in [5, 5.41) is 0. The zero-order valence-electron chi connectivity index (χ0n) is 20.3. The van der Waals surface area contributed by atoms with E-state index in [1.807, 2.05) is 4.90 Å². The lowest BCUT2D eigenvalue weighted by molar-refractivity contribution is -0.127. The third kappa shape index (κ3) is 6.19. The van der Waals surface area contributed by atoms with Gasteiger partial charge in [-0.1, -0.05) is 12.5 Å². The molecule has 1 amide bonds. The van der Waals surface area contributed by atoms with Crippen molar-refractivity contribution < 1.29 is 17.9 Å². The smallest absolute Gasteiger partial charge is 0.246 e. The summed E-state index contributed by atoms with van der Waals surface area (Å²) in [6, 6.07) is 5.07. The van der Waals surface area contributed by atoms with Gasteiger partial charge in [-0.2, -0.15) is 4.31 Å². The second-order valence-corrected chi connectivity index (χ2v) is 11.3. The highest BCUT2D eigenvalue weighted by Gasteiger charge is 2.29. The molecule has 3 fully saturated rings. The van der Waals surface area contributed by atoms with Crippen LogP contribution >= 0.6 is 0 Å². The van der Waals surface area contributed by atoms with Crippen molar-refractivity contribution in [1.29, 1.82) is 0 Å². The van der Waals surface area contributed by atoms with Gasteiger partial charge in [-0.05, 0) is 62.5 Å². The molecule has 0 unspecified atom stereocenters. The number of sulfonamides is 1. The first-order valence-electron chi connectivity index (χ1n) is 12.6. The third-order valence-electron chi connectivity index (χ3n) is 7.15. The van der Waals surface area contributed by atoms with Crippen molar-refractivity contribution in [1.82, 2.24) is 19.0 Å². The maximum absolute atomic E-state index is 13.2. The monoisotopic (exact) mass is 490 g/mol. The molecule has 3 saturated heterocycles. The number of hydrogen-bond acceptors (Lipinski definition) is 6. The minimum atomic E-state index is -3.63. The first-order chi connectivity index (χ1) is 16.5. The molecule has 0 atom stereocenters. The number of benzene rings is 1. The van der Waals surface area contributed by atoms with Crippen molar-refractivity contribution in [3.05, 3.63) is 29.8 Å². The van der Waals surface area contributed by atoms with Gasteiger partial charge in [-0.15, -0.1) is 0 Å². The number of rotatable bonds is 8. The minimum Gasteiger partial charge on any atom is -0.495 e. The summed E-state index contributed by atoms with van der Waals surface area (Å²) in [6.07, 6.45) is 8.70. The quantitative estimate of drug-likeness (QED) is 0.520. The number of nitrogens with zero attached hydrogens (tertiary/aromatic N) is 4. The van der Waals surface area contributed by atoms with Crippen LogP contribution in [0.25, 0.3) is 6.08 Å². The fourth-order valence-corrected chi connectivity index (χ4v) is 6.70. The van der Waals surface area contributed by atoms with Crippen LogP contribution in [0.5, 0.6) is 5.75 Å². The van der Waals surface area contributed by atoms with Gasteiger partial charge in [0.1, 0.15) is 10.6 Å². The molecule has 0 N–H and O–H groups in total. The van der Waals surface area contributed by atoms with Gasteiger partial charge >= 0.3 is 0 Å². The molecule has 3 aliphatic heterocycles. The van der Waals surface area contributed by atoms with Crippen LogP contribution in [-0.4, -0.2) is 106 Å². The highest BCUT2D eigenvalue weighted by molar-refractivity contribution is 7.89. The van der Waals surface area contributed by atoms with Crippen molar-refractivity contribution in [3.8, 4) is 5.75 Å². The molecule has 0 aliphatic carbocycles. The van der Waals surface area contributed by atoms with Crippen molar-refractivity contribution in [2.24, 2.45) is 0 Å². The summed E-state index contributed by atoms with van der Waals surface area (Å²) in [5.74, 6) is 0.301. The number of methoxy groups -OCH3 is 1. The van der Waals surface area contributed by atoms with E-state index in [1.54, 1.807) is 30.4 Å². The molecule has 188 valence electrons. The summed E-state index contributed by atoms with van der Waals surface area (Å²) >= 11 is 0. The van der Waals surface area contributed by atoms with E-state index in [0.29, 0.717) is 24.4 Å². The Morgan fingerprint density at radius 1 is 0.882 bits per heavy atom. The maximum atomic E-state index is 13.2. The van der Waals surface area contributed by atoms with Crippen LogP contribution < -0.4 is 4.74 Å². The largest absolute Gasteiger partial charge is 0.495 e. The van der Waals surface area contributed by atoms with Crippen LogP contribution in [0.15, 0.2) is 29.2 Å². The van der Waals surface area contributed by atoms with Crippen LogP contribution in [0, 0.1) is 0 Å². The van der Waals surface area contributed by atoms with E-state index in [-0.39, 0.29) is 10.8 Å². The second-order valence-electron chi connectivity index (χ2n) is 9.42. The maximum Gasteiger partial charge on any atom is 0.246 e. The molecule has 0 bridgehead atoms. The summed E-state index contributed by atoms with van der Waals surface area (Å²) < 4.78 is 33.3. The van der Waals surface area contributed by atoms with E-state index in [4.69, 9.17) is 4.74 Å². The Balaban J connectivity index is 1.35. The lowest BCUT2D eigenvalue weighted by Gasteiger charge is -2.35. The minimum absolute atomic E-state index is 0.0320. The molecule has 0 aromatic heterocycles. The van der Waals surface area contributed by atoms with Gasteiger partial charge in [0.15, 0.2) is 0 Å². The van der Waals surface area contributed by atoms with Crippen molar-refractivity contribution >= 4 is 22.0 Å². The van der Waals surface area contributed by atoms with Crippen molar-refractivity contribution in [2.45, 2.75) is 37.0 Å². The molecule has 34 heavy (non-hydrogen) atoms. The second kappa shape index (κ2) is 11.7. The fraction of sp³-hybridized carbons (Fsp3) is 0.640. The molecule has 1 aromatic rings. The van der Waals surface area contributed by atoms with Gasteiger partial charge in [-0.25, -0.2) is 8.42 Å². The average Bonchev–Trinajstić information content (AvgIpc) is 3.40. The number of amides is 1. The van der Waals surface area contributed by atoms with E-state index in [1.165, 1.54) is 37.3 Å². The van der Waals surface area contributed by atoms with Crippen LogP contribution in [0.3, 0.4) is 0 Å². The Hall–Kier alpha value is -1.94. The Morgan fingerprint density at radius 2 is 1.50 bits per heavy atom. The van der Waals surface area contributed by atoms with E-state index in [0.717, 1.165) is 58.5 Å². The Labute approximate surface area is 204 Å². The summed E-state index contributed by atoms with van der Waals surface area (Å²) in [4.78, 5) is 19.8. The van der Waals surface area contributed by atoms with Crippen LogP contribution in [0.2, 0.25) is 0 Å². The number of hydrogen-bond donors (Lipinski definition) is 0.